The molecule has 1 fully saturated rings. The minimum Gasteiger partial charge on any atom is -0.342 e. The third-order valence-electron chi connectivity index (χ3n) is 6.93. The summed E-state index contributed by atoms with van der Waals surface area (Å²) in [6.45, 7) is 12.2. The predicted octanol–water partition coefficient (Wildman–Crippen LogP) is 8.15. The van der Waals surface area contributed by atoms with Crippen LogP contribution in [0.25, 0.3) is 0 Å². The van der Waals surface area contributed by atoms with Crippen LogP contribution < -0.4 is 0 Å². The molecular formula is C31H35ClF2N4. The summed E-state index contributed by atoms with van der Waals surface area (Å²) in [5, 5.41) is 0.506. The first-order valence-electron chi connectivity index (χ1n) is 13.2. The van der Waals surface area contributed by atoms with Gasteiger partial charge in [-0.1, -0.05) is 49.7 Å². The molecule has 0 aliphatic carbocycles. The average molecular weight is 537 g/mol. The van der Waals surface area contributed by atoms with Gasteiger partial charge in [0.1, 0.15) is 23.3 Å². The molecule has 200 valence electrons. The van der Waals surface area contributed by atoms with Crippen molar-refractivity contribution in [2.24, 2.45) is 9.98 Å². The Hall–Kier alpha value is -3.25. The van der Waals surface area contributed by atoms with Crippen LogP contribution in [0.15, 0.2) is 58.5 Å². The maximum Gasteiger partial charge on any atom is 0.138 e. The molecule has 3 aromatic rings. The fourth-order valence-corrected chi connectivity index (χ4v) is 5.35. The van der Waals surface area contributed by atoms with Crippen molar-refractivity contribution in [3.63, 3.8) is 0 Å². The summed E-state index contributed by atoms with van der Waals surface area (Å²) in [5.41, 5.74) is 6.39. The second-order valence-electron chi connectivity index (χ2n) is 9.82. The van der Waals surface area contributed by atoms with Crippen LogP contribution in [0, 0.1) is 25.5 Å². The Labute approximate surface area is 229 Å². The number of aryl methyl sites for hydroxylation is 4. The van der Waals surface area contributed by atoms with Gasteiger partial charge in [0.05, 0.1) is 23.1 Å². The van der Waals surface area contributed by atoms with Crippen molar-refractivity contribution in [1.29, 1.82) is 0 Å². The second-order valence-corrected chi connectivity index (χ2v) is 10.2. The van der Waals surface area contributed by atoms with E-state index < -0.39 is 11.6 Å². The molecule has 1 aliphatic rings. The number of para-hydroxylation sites is 1. The average Bonchev–Trinajstić information content (AvgIpc) is 2.87. The monoisotopic (exact) mass is 536 g/mol. The van der Waals surface area contributed by atoms with E-state index in [1.807, 2.05) is 32.9 Å². The first-order valence-corrected chi connectivity index (χ1v) is 13.6. The molecule has 7 heteroatoms. The first kappa shape index (κ1) is 27.8. The predicted molar refractivity (Wildman–Crippen MR) is 154 cm³/mol. The van der Waals surface area contributed by atoms with Gasteiger partial charge in [-0.25, -0.2) is 18.8 Å². The van der Waals surface area contributed by atoms with Crippen LogP contribution in [-0.4, -0.2) is 41.2 Å². The molecule has 0 N–H and O–H groups in total. The number of benzene rings is 3. The number of halogens is 3. The zero-order chi connectivity index (χ0) is 27.4. The van der Waals surface area contributed by atoms with Gasteiger partial charge in [-0.2, -0.15) is 0 Å². The Morgan fingerprint density at radius 1 is 0.868 bits per heavy atom. The molecule has 0 unspecified atom stereocenters. The third-order valence-corrected chi connectivity index (χ3v) is 7.22. The molecule has 0 radical (unpaired) electrons. The Morgan fingerprint density at radius 2 is 1.50 bits per heavy atom. The normalized spacial score (nSPS) is 14.8. The Morgan fingerprint density at radius 3 is 2.11 bits per heavy atom. The van der Waals surface area contributed by atoms with E-state index in [0.717, 1.165) is 54.5 Å². The number of aliphatic imine (C=N–C) groups is 2. The maximum atomic E-state index is 14.3. The summed E-state index contributed by atoms with van der Waals surface area (Å²) in [6.07, 6.45) is 2.66. The molecule has 1 aliphatic heterocycles. The molecular weight excluding hydrogens is 502 g/mol. The molecule has 1 saturated heterocycles. The van der Waals surface area contributed by atoms with Crippen LogP contribution in [0.3, 0.4) is 0 Å². The summed E-state index contributed by atoms with van der Waals surface area (Å²) in [7, 11) is 0. The van der Waals surface area contributed by atoms with E-state index in [-0.39, 0.29) is 0 Å². The van der Waals surface area contributed by atoms with Crippen LogP contribution in [0.1, 0.15) is 55.0 Å². The van der Waals surface area contributed by atoms with E-state index in [2.05, 4.69) is 41.8 Å². The van der Waals surface area contributed by atoms with Crippen molar-refractivity contribution in [1.82, 2.24) is 9.80 Å². The minimum absolute atomic E-state index is 0.375. The van der Waals surface area contributed by atoms with Crippen molar-refractivity contribution in [3.05, 3.63) is 93.0 Å². The molecule has 0 spiro atoms. The van der Waals surface area contributed by atoms with Crippen molar-refractivity contribution in [2.45, 2.75) is 53.9 Å². The van der Waals surface area contributed by atoms with E-state index in [1.165, 1.54) is 23.3 Å². The fraction of sp³-hybridized carbons (Fsp3) is 0.355. The van der Waals surface area contributed by atoms with Gasteiger partial charge in [0, 0.05) is 24.7 Å². The number of hydrogen-bond donors (Lipinski definition) is 0. The highest BCUT2D eigenvalue weighted by atomic mass is 35.5. The van der Waals surface area contributed by atoms with Gasteiger partial charge >= 0.3 is 0 Å². The van der Waals surface area contributed by atoms with Crippen molar-refractivity contribution in [3.8, 4) is 0 Å². The van der Waals surface area contributed by atoms with Gasteiger partial charge in [0.15, 0.2) is 0 Å². The molecule has 0 bridgehead atoms. The number of hydrogen-bond acceptors (Lipinski definition) is 2. The van der Waals surface area contributed by atoms with Crippen LogP contribution in [0.5, 0.6) is 0 Å². The van der Waals surface area contributed by atoms with Crippen LogP contribution >= 0.6 is 11.6 Å². The van der Waals surface area contributed by atoms with Gasteiger partial charge in [-0.15, -0.1) is 0 Å². The van der Waals surface area contributed by atoms with Crippen LogP contribution in [0.4, 0.5) is 20.2 Å². The van der Waals surface area contributed by atoms with E-state index in [0.29, 0.717) is 35.3 Å². The number of nitrogens with zero attached hydrogens (tertiary/aromatic N) is 4. The summed E-state index contributed by atoms with van der Waals surface area (Å²) < 4.78 is 28.7. The third kappa shape index (κ3) is 6.24. The van der Waals surface area contributed by atoms with E-state index in [1.54, 1.807) is 0 Å². The van der Waals surface area contributed by atoms with Crippen molar-refractivity contribution >= 4 is 34.6 Å². The highest BCUT2D eigenvalue weighted by Gasteiger charge is 2.24. The molecule has 3 aromatic carbocycles. The summed E-state index contributed by atoms with van der Waals surface area (Å²) in [4.78, 5) is 14.2. The molecule has 38 heavy (non-hydrogen) atoms. The fourth-order valence-electron chi connectivity index (χ4n) is 4.98. The Bertz CT molecular complexity index is 1320. The van der Waals surface area contributed by atoms with Gasteiger partial charge in [-0.3, -0.25) is 0 Å². The largest absolute Gasteiger partial charge is 0.342 e. The Kier molecular flexibility index (Phi) is 8.83. The molecule has 4 nitrogen and oxygen atoms in total. The standard InChI is InChI=1S/C31H35ClF2N4/c1-6-23-10-8-11-24(7-2)30(23)35-22(5)37-12-9-13-38(19-37)31(25-16-26(33)18-27(34)17-25)36-29-21(4)14-20(3)15-28(29)32/h8,10-11,14-18H,6-7,9,12-13,19H2,1-5H3. The lowest BCUT2D eigenvalue weighted by Gasteiger charge is -2.38. The number of amidine groups is 2. The summed E-state index contributed by atoms with van der Waals surface area (Å²) in [5.74, 6) is 0.0983. The van der Waals surface area contributed by atoms with E-state index >= 15 is 0 Å². The van der Waals surface area contributed by atoms with Gasteiger partial charge < -0.3 is 9.80 Å². The highest BCUT2D eigenvalue weighted by Crippen LogP contribution is 2.32. The van der Waals surface area contributed by atoms with Crippen molar-refractivity contribution in [2.75, 3.05) is 19.8 Å². The molecule has 0 amide bonds. The molecule has 4 rings (SSSR count). The van der Waals surface area contributed by atoms with Crippen LogP contribution in [-0.2, 0) is 12.8 Å². The zero-order valence-corrected chi connectivity index (χ0v) is 23.5. The molecule has 0 atom stereocenters. The first-order chi connectivity index (χ1) is 18.2. The van der Waals surface area contributed by atoms with Gasteiger partial charge in [0.25, 0.3) is 0 Å². The van der Waals surface area contributed by atoms with Gasteiger partial charge in [0.2, 0.25) is 0 Å². The van der Waals surface area contributed by atoms with Crippen LogP contribution in [0.2, 0.25) is 5.02 Å². The highest BCUT2D eigenvalue weighted by molar-refractivity contribution is 6.33. The Balaban J connectivity index is 1.75. The topological polar surface area (TPSA) is 31.2 Å². The van der Waals surface area contributed by atoms with Crippen molar-refractivity contribution < 1.29 is 8.78 Å². The maximum absolute atomic E-state index is 14.3. The van der Waals surface area contributed by atoms with E-state index in [4.69, 9.17) is 21.6 Å². The zero-order valence-electron chi connectivity index (χ0n) is 22.8. The summed E-state index contributed by atoms with van der Waals surface area (Å²) >= 11 is 6.59. The lowest BCUT2D eigenvalue weighted by atomic mass is 10.0. The molecule has 0 saturated carbocycles. The number of rotatable bonds is 5. The van der Waals surface area contributed by atoms with Gasteiger partial charge in [-0.05, 0) is 80.5 Å². The van der Waals surface area contributed by atoms with E-state index in [9.17, 15) is 8.78 Å². The second kappa shape index (κ2) is 12.1. The summed E-state index contributed by atoms with van der Waals surface area (Å²) in [6, 6.07) is 13.7. The lowest BCUT2D eigenvalue weighted by molar-refractivity contribution is 0.212. The minimum atomic E-state index is -0.644. The molecule has 1 heterocycles. The lowest BCUT2D eigenvalue weighted by Crippen LogP contribution is -2.49. The molecule has 0 aromatic heterocycles. The SMILES string of the molecule is CCc1cccc(CC)c1N=C(C)N1CCCN(C(=Nc2c(C)cc(C)cc2Cl)c2cc(F)cc(F)c2)C1. The smallest absolute Gasteiger partial charge is 0.138 e. The quantitative estimate of drug-likeness (QED) is 0.243.